The number of rotatable bonds is 0. The van der Waals surface area contributed by atoms with Gasteiger partial charge in [-0.15, -0.1) is 12.6 Å². The van der Waals surface area contributed by atoms with E-state index in [1.807, 2.05) is 0 Å². The van der Waals surface area contributed by atoms with E-state index in [-0.39, 0.29) is 5.56 Å². The number of hydrogen-bond acceptors (Lipinski definition) is 3. The molecule has 1 rings (SSSR count). The molecule has 0 bridgehead atoms. The molecule has 0 fully saturated rings. The smallest absolute Gasteiger partial charge is 0.254 e. The normalized spacial score (nSPS) is 9.56. The van der Waals surface area contributed by atoms with Crippen LogP contribution in [0.4, 0.5) is 0 Å². The highest BCUT2D eigenvalue weighted by atomic mass is 32.1. The third-order valence-electron chi connectivity index (χ3n) is 1.06. The molecule has 1 heterocycles. The summed E-state index contributed by atoms with van der Waals surface area (Å²) in [4.78, 5) is 16.9. The molecule has 0 aliphatic rings. The summed E-state index contributed by atoms with van der Waals surface area (Å²) >= 11 is 3.94. The van der Waals surface area contributed by atoms with E-state index < -0.39 is 0 Å². The van der Waals surface area contributed by atoms with E-state index in [1.165, 1.54) is 6.33 Å². The fourth-order valence-electron chi connectivity index (χ4n) is 0.459. The van der Waals surface area contributed by atoms with Crippen molar-refractivity contribution in [2.75, 3.05) is 0 Å². The van der Waals surface area contributed by atoms with Crippen LogP contribution in [0.15, 0.2) is 16.1 Å². The van der Waals surface area contributed by atoms with Crippen LogP contribution < -0.4 is 5.56 Å². The lowest BCUT2D eigenvalue weighted by Crippen LogP contribution is -2.09. The zero-order chi connectivity index (χ0) is 6.85. The zero-order valence-electron chi connectivity index (χ0n) is 4.88. The molecule has 0 amide bonds. The second-order valence-corrected chi connectivity index (χ2v) is 2.10. The van der Waals surface area contributed by atoms with Gasteiger partial charge in [0.1, 0.15) is 5.03 Å². The Hall–Kier alpha value is -0.770. The van der Waals surface area contributed by atoms with Crippen molar-refractivity contribution in [1.82, 2.24) is 9.97 Å². The topological polar surface area (TPSA) is 45.8 Å². The van der Waals surface area contributed by atoms with E-state index in [2.05, 4.69) is 22.6 Å². The van der Waals surface area contributed by atoms with Gasteiger partial charge in [-0.1, -0.05) is 0 Å². The molecule has 4 heteroatoms. The van der Waals surface area contributed by atoms with Crippen molar-refractivity contribution in [2.24, 2.45) is 0 Å². The summed E-state index contributed by atoms with van der Waals surface area (Å²) in [5, 5.41) is 0.485. The molecular weight excluding hydrogens is 136 g/mol. The van der Waals surface area contributed by atoms with E-state index in [0.717, 1.165) is 0 Å². The van der Waals surface area contributed by atoms with Crippen LogP contribution in [0, 0.1) is 6.92 Å². The van der Waals surface area contributed by atoms with Crippen LogP contribution in [0.5, 0.6) is 0 Å². The predicted octanol–water partition coefficient (Wildman–Crippen LogP) is 0.367. The molecule has 0 unspecified atom stereocenters. The molecule has 3 nitrogen and oxygen atoms in total. The highest BCUT2D eigenvalue weighted by Gasteiger charge is 1.95. The van der Waals surface area contributed by atoms with Gasteiger partial charge < -0.3 is 4.98 Å². The Labute approximate surface area is 57.6 Å². The van der Waals surface area contributed by atoms with E-state index in [4.69, 9.17) is 0 Å². The predicted molar refractivity (Wildman–Crippen MR) is 36.8 cm³/mol. The third-order valence-corrected chi connectivity index (χ3v) is 1.51. The fraction of sp³-hybridized carbons (Fsp3) is 0.200. The minimum Gasteiger partial charge on any atom is -0.313 e. The Kier molecular flexibility index (Phi) is 1.57. The summed E-state index contributed by atoms with van der Waals surface area (Å²) in [6.07, 6.45) is 1.33. The highest BCUT2D eigenvalue weighted by molar-refractivity contribution is 7.80. The lowest BCUT2D eigenvalue weighted by atomic mass is 10.4. The van der Waals surface area contributed by atoms with E-state index >= 15 is 0 Å². The standard InChI is InChI=1S/C5H6N2OS/c1-3-4(8)6-2-7-5(3)9/h2H,1H3,(H2,6,7,8,9). The molecule has 0 aliphatic heterocycles. The van der Waals surface area contributed by atoms with Crippen LogP contribution in [-0.2, 0) is 0 Å². The molecule has 1 N–H and O–H groups in total. The Morgan fingerprint density at radius 3 is 2.89 bits per heavy atom. The summed E-state index contributed by atoms with van der Waals surface area (Å²) in [5.74, 6) is 0. The number of nitrogens with one attached hydrogen (secondary N) is 1. The number of aromatic nitrogens is 2. The maximum Gasteiger partial charge on any atom is 0.254 e. The van der Waals surface area contributed by atoms with Gasteiger partial charge in [0.2, 0.25) is 0 Å². The second kappa shape index (κ2) is 2.23. The molecular formula is C5H6N2OS. The van der Waals surface area contributed by atoms with Crippen LogP contribution in [0.3, 0.4) is 0 Å². The Balaban J connectivity index is 3.43. The van der Waals surface area contributed by atoms with Crippen LogP contribution in [0.2, 0.25) is 0 Å². The van der Waals surface area contributed by atoms with Gasteiger partial charge in [0.25, 0.3) is 5.56 Å². The van der Waals surface area contributed by atoms with Gasteiger partial charge in [-0.2, -0.15) is 0 Å². The first-order chi connectivity index (χ1) is 4.22. The van der Waals surface area contributed by atoms with Crippen molar-refractivity contribution in [2.45, 2.75) is 11.9 Å². The third kappa shape index (κ3) is 1.13. The Bertz CT molecular complexity index is 268. The summed E-state index contributed by atoms with van der Waals surface area (Å²) in [7, 11) is 0. The second-order valence-electron chi connectivity index (χ2n) is 1.68. The molecule has 48 valence electrons. The molecule has 9 heavy (non-hydrogen) atoms. The van der Waals surface area contributed by atoms with Crippen molar-refractivity contribution in [3.63, 3.8) is 0 Å². The molecule has 0 saturated heterocycles. The SMILES string of the molecule is Cc1c(S)nc[nH]c1=O. The average Bonchev–Trinajstić information content (AvgIpc) is 1.83. The first-order valence-corrected chi connectivity index (χ1v) is 2.90. The molecule has 1 aromatic heterocycles. The minimum absolute atomic E-state index is 0.130. The van der Waals surface area contributed by atoms with Gasteiger partial charge in [-0.3, -0.25) is 4.79 Å². The van der Waals surface area contributed by atoms with Crippen molar-refractivity contribution in [3.8, 4) is 0 Å². The molecule has 0 aliphatic carbocycles. The average molecular weight is 142 g/mol. The summed E-state index contributed by atoms with van der Waals surface area (Å²) in [5.41, 5.74) is 0.427. The van der Waals surface area contributed by atoms with Crippen molar-refractivity contribution in [1.29, 1.82) is 0 Å². The van der Waals surface area contributed by atoms with Crippen molar-refractivity contribution >= 4 is 12.6 Å². The van der Waals surface area contributed by atoms with Gasteiger partial charge >= 0.3 is 0 Å². The van der Waals surface area contributed by atoms with Gasteiger partial charge in [0.05, 0.1) is 6.33 Å². The van der Waals surface area contributed by atoms with E-state index in [9.17, 15) is 4.79 Å². The number of thiol groups is 1. The summed E-state index contributed by atoms with van der Waals surface area (Å²) < 4.78 is 0. The van der Waals surface area contributed by atoms with Crippen LogP contribution in [0.25, 0.3) is 0 Å². The van der Waals surface area contributed by atoms with Crippen molar-refractivity contribution in [3.05, 3.63) is 22.2 Å². The summed E-state index contributed by atoms with van der Waals surface area (Å²) in [6.45, 7) is 1.67. The molecule has 0 radical (unpaired) electrons. The monoisotopic (exact) mass is 142 g/mol. The first kappa shape index (κ1) is 6.35. The lowest BCUT2D eigenvalue weighted by Gasteiger charge is -1.91. The molecule has 0 saturated carbocycles. The van der Waals surface area contributed by atoms with E-state index in [0.29, 0.717) is 10.6 Å². The van der Waals surface area contributed by atoms with Gasteiger partial charge in [0, 0.05) is 5.56 Å². The Morgan fingerprint density at radius 2 is 2.44 bits per heavy atom. The molecule has 0 aromatic carbocycles. The fourth-order valence-corrected chi connectivity index (χ4v) is 0.618. The van der Waals surface area contributed by atoms with Crippen LogP contribution >= 0.6 is 12.6 Å². The molecule has 0 atom stereocenters. The van der Waals surface area contributed by atoms with Crippen LogP contribution in [0.1, 0.15) is 5.56 Å². The zero-order valence-corrected chi connectivity index (χ0v) is 5.77. The number of H-pyrrole nitrogens is 1. The van der Waals surface area contributed by atoms with Crippen LogP contribution in [-0.4, -0.2) is 9.97 Å². The first-order valence-electron chi connectivity index (χ1n) is 2.45. The van der Waals surface area contributed by atoms with Crippen molar-refractivity contribution < 1.29 is 0 Å². The number of hydrogen-bond donors (Lipinski definition) is 2. The van der Waals surface area contributed by atoms with Gasteiger partial charge in [0.15, 0.2) is 0 Å². The largest absolute Gasteiger partial charge is 0.313 e. The molecule has 0 spiro atoms. The quantitative estimate of drug-likeness (QED) is 0.406. The maximum absolute atomic E-state index is 10.7. The minimum atomic E-state index is -0.130. The highest BCUT2D eigenvalue weighted by Crippen LogP contribution is 1.99. The maximum atomic E-state index is 10.7. The number of aromatic amines is 1. The lowest BCUT2D eigenvalue weighted by molar-refractivity contribution is 0.973. The van der Waals surface area contributed by atoms with E-state index in [1.54, 1.807) is 6.92 Å². The number of nitrogens with zero attached hydrogens (tertiary/aromatic N) is 1. The molecule has 1 aromatic rings. The van der Waals surface area contributed by atoms with Gasteiger partial charge in [-0.25, -0.2) is 4.98 Å². The van der Waals surface area contributed by atoms with Gasteiger partial charge in [-0.05, 0) is 6.92 Å². The summed E-state index contributed by atoms with van der Waals surface area (Å²) in [6, 6.07) is 0. The Morgan fingerprint density at radius 1 is 1.78 bits per heavy atom.